The lowest BCUT2D eigenvalue weighted by Gasteiger charge is -2.25. The second-order valence-electron chi connectivity index (χ2n) is 8.26. The molecule has 0 aliphatic rings. The number of benzene rings is 1. The molecular formula is C21H34N2O3. The molecule has 5 nitrogen and oxygen atoms in total. The average molecular weight is 363 g/mol. The molecule has 0 fully saturated rings. The van der Waals surface area contributed by atoms with Crippen LogP contribution in [-0.4, -0.2) is 29.7 Å². The lowest BCUT2D eigenvalue weighted by atomic mass is 10.0. The third-order valence-electron chi connectivity index (χ3n) is 3.79. The number of rotatable bonds is 8. The smallest absolute Gasteiger partial charge is 0.408 e. The van der Waals surface area contributed by atoms with Gasteiger partial charge in [0.25, 0.3) is 0 Å². The zero-order valence-electron chi connectivity index (χ0n) is 17.0. The molecule has 2 N–H and O–H groups in total. The van der Waals surface area contributed by atoms with Gasteiger partial charge in [-0.05, 0) is 58.4 Å². The Morgan fingerprint density at radius 2 is 1.65 bits per heavy atom. The fourth-order valence-corrected chi connectivity index (χ4v) is 2.78. The summed E-state index contributed by atoms with van der Waals surface area (Å²) in [4.78, 5) is 24.8. The molecule has 26 heavy (non-hydrogen) atoms. The molecule has 5 heteroatoms. The summed E-state index contributed by atoms with van der Waals surface area (Å²) >= 11 is 0. The minimum Gasteiger partial charge on any atom is -0.444 e. The minimum atomic E-state index is -0.625. The zero-order chi connectivity index (χ0) is 19.7. The highest BCUT2D eigenvalue weighted by atomic mass is 16.6. The van der Waals surface area contributed by atoms with Gasteiger partial charge in [-0.3, -0.25) is 4.79 Å². The molecule has 0 spiro atoms. The van der Waals surface area contributed by atoms with E-state index in [9.17, 15) is 9.59 Å². The van der Waals surface area contributed by atoms with Gasteiger partial charge < -0.3 is 15.4 Å². The number of carbonyl (C=O) groups excluding carboxylic acids is 2. The molecule has 146 valence electrons. The molecule has 0 saturated heterocycles. The largest absolute Gasteiger partial charge is 0.444 e. The molecule has 0 aromatic heterocycles. The van der Waals surface area contributed by atoms with E-state index in [1.54, 1.807) is 20.8 Å². The summed E-state index contributed by atoms with van der Waals surface area (Å²) < 4.78 is 5.31. The van der Waals surface area contributed by atoms with Crippen LogP contribution in [0.4, 0.5) is 4.79 Å². The van der Waals surface area contributed by atoms with Crippen molar-refractivity contribution in [3.8, 4) is 0 Å². The highest BCUT2D eigenvalue weighted by Gasteiger charge is 2.25. The van der Waals surface area contributed by atoms with Gasteiger partial charge in [-0.25, -0.2) is 4.79 Å². The fraction of sp³-hybridized carbons (Fsp3) is 0.619. The van der Waals surface area contributed by atoms with Gasteiger partial charge in [-0.1, -0.05) is 44.2 Å². The van der Waals surface area contributed by atoms with Gasteiger partial charge in [0.1, 0.15) is 11.6 Å². The highest BCUT2D eigenvalue weighted by Crippen LogP contribution is 2.10. The van der Waals surface area contributed by atoms with Crippen LogP contribution in [0.5, 0.6) is 0 Å². The number of hydrogen-bond donors (Lipinski definition) is 2. The van der Waals surface area contributed by atoms with E-state index in [4.69, 9.17) is 4.74 Å². The second-order valence-corrected chi connectivity index (χ2v) is 8.26. The summed E-state index contributed by atoms with van der Waals surface area (Å²) in [7, 11) is 0. The molecule has 1 aromatic carbocycles. The average Bonchev–Trinajstić information content (AvgIpc) is 2.49. The van der Waals surface area contributed by atoms with E-state index in [-0.39, 0.29) is 11.9 Å². The number of ether oxygens (including phenoxy) is 1. The Morgan fingerprint density at radius 3 is 2.19 bits per heavy atom. The van der Waals surface area contributed by atoms with Crippen molar-refractivity contribution >= 4 is 12.0 Å². The van der Waals surface area contributed by atoms with Gasteiger partial charge in [0.15, 0.2) is 0 Å². The van der Waals surface area contributed by atoms with Crippen molar-refractivity contribution in [2.24, 2.45) is 5.92 Å². The van der Waals surface area contributed by atoms with E-state index in [0.717, 1.165) is 12.0 Å². The monoisotopic (exact) mass is 362 g/mol. The van der Waals surface area contributed by atoms with Gasteiger partial charge in [0, 0.05) is 6.04 Å². The molecule has 0 aliphatic carbocycles. The number of aryl methyl sites for hydroxylation is 1. The Labute approximate surface area is 157 Å². The summed E-state index contributed by atoms with van der Waals surface area (Å²) in [5, 5.41) is 5.74. The van der Waals surface area contributed by atoms with Gasteiger partial charge in [-0.2, -0.15) is 0 Å². The third kappa shape index (κ3) is 9.44. The first kappa shape index (κ1) is 22.0. The van der Waals surface area contributed by atoms with Crippen LogP contribution >= 0.6 is 0 Å². The Kier molecular flexibility index (Phi) is 8.62. The lowest BCUT2D eigenvalue weighted by molar-refractivity contribution is -0.124. The van der Waals surface area contributed by atoms with Crippen LogP contribution in [-0.2, 0) is 16.0 Å². The van der Waals surface area contributed by atoms with Crippen LogP contribution in [0.3, 0.4) is 0 Å². The van der Waals surface area contributed by atoms with Crippen LogP contribution in [0.25, 0.3) is 0 Å². The molecule has 0 saturated carbocycles. The van der Waals surface area contributed by atoms with E-state index in [1.165, 1.54) is 0 Å². The number of alkyl carbamates (subject to hydrolysis) is 1. The molecule has 1 rings (SSSR count). The molecule has 0 unspecified atom stereocenters. The molecule has 0 aliphatic heterocycles. The van der Waals surface area contributed by atoms with Crippen molar-refractivity contribution in [2.45, 2.75) is 78.5 Å². The SMILES string of the molecule is CC(C)C[C@H](C)NC(=O)[C@H](CCc1ccccc1)NC(=O)OC(C)(C)C. The van der Waals surface area contributed by atoms with E-state index in [0.29, 0.717) is 18.8 Å². The molecular weight excluding hydrogens is 328 g/mol. The first-order chi connectivity index (χ1) is 12.1. The third-order valence-corrected chi connectivity index (χ3v) is 3.79. The summed E-state index contributed by atoms with van der Waals surface area (Å²) in [6.45, 7) is 11.6. The lowest BCUT2D eigenvalue weighted by Crippen LogP contribution is -2.50. The van der Waals surface area contributed by atoms with Crippen molar-refractivity contribution in [3.05, 3.63) is 35.9 Å². The Morgan fingerprint density at radius 1 is 1.04 bits per heavy atom. The van der Waals surface area contributed by atoms with Crippen molar-refractivity contribution in [1.82, 2.24) is 10.6 Å². The molecule has 2 atom stereocenters. The normalized spacial score (nSPS) is 13.8. The van der Waals surface area contributed by atoms with Crippen molar-refractivity contribution in [1.29, 1.82) is 0 Å². The Balaban J connectivity index is 2.72. The van der Waals surface area contributed by atoms with E-state index >= 15 is 0 Å². The zero-order valence-corrected chi connectivity index (χ0v) is 17.0. The summed E-state index contributed by atoms with van der Waals surface area (Å²) in [6.07, 6.45) is 1.54. The molecule has 0 heterocycles. The summed E-state index contributed by atoms with van der Waals surface area (Å²) in [5.41, 5.74) is 0.529. The van der Waals surface area contributed by atoms with Crippen LogP contribution in [0.1, 0.15) is 59.9 Å². The second kappa shape index (κ2) is 10.2. The number of carbonyl (C=O) groups is 2. The van der Waals surface area contributed by atoms with Gasteiger partial charge in [0.05, 0.1) is 0 Å². The van der Waals surface area contributed by atoms with E-state index < -0.39 is 17.7 Å². The highest BCUT2D eigenvalue weighted by molar-refractivity contribution is 5.85. The topological polar surface area (TPSA) is 67.4 Å². The standard InChI is InChI=1S/C21H34N2O3/c1-15(2)14-16(3)22-19(24)18(23-20(25)26-21(4,5)6)13-12-17-10-8-7-9-11-17/h7-11,15-16,18H,12-14H2,1-6H3,(H,22,24)(H,23,25)/t16-,18-/m0/s1. The molecule has 1 aromatic rings. The molecule has 0 bridgehead atoms. The van der Waals surface area contributed by atoms with E-state index in [1.807, 2.05) is 37.3 Å². The maximum atomic E-state index is 12.7. The maximum Gasteiger partial charge on any atom is 0.408 e. The Hall–Kier alpha value is -2.04. The number of nitrogens with one attached hydrogen (secondary N) is 2. The first-order valence-electron chi connectivity index (χ1n) is 9.40. The maximum absolute atomic E-state index is 12.7. The minimum absolute atomic E-state index is 0.0576. The molecule has 0 radical (unpaired) electrons. The van der Waals surface area contributed by atoms with Crippen LogP contribution in [0.15, 0.2) is 30.3 Å². The van der Waals surface area contributed by atoms with Gasteiger partial charge >= 0.3 is 6.09 Å². The first-order valence-corrected chi connectivity index (χ1v) is 9.40. The quantitative estimate of drug-likeness (QED) is 0.733. The van der Waals surface area contributed by atoms with Crippen molar-refractivity contribution in [2.75, 3.05) is 0 Å². The van der Waals surface area contributed by atoms with Crippen LogP contribution in [0, 0.1) is 5.92 Å². The summed E-state index contributed by atoms with van der Waals surface area (Å²) in [5.74, 6) is 0.326. The van der Waals surface area contributed by atoms with Crippen LogP contribution < -0.4 is 10.6 Å². The van der Waals surface area contributed by atoms with Gasteiger partial charge in [0.2, 0.25) is 5.91 Å². The predicted molar refractivity (Wildman–Crippen MR) is 105 cm³/mol. The predicted octanol–water partition coefficient (Wildman–Crippen LogP) is 4.06. The number of hydrogen-bond acceptors (Lipinski definition) is 3. The van der Waals surface area contributed by atoms with Crippen molar-refractivity contribution in [3.63, 3.8) is 0 Å². The molecule has 2 amide bonds. The fourth-order valence-electron chi connectivity index (χ4n) is 2.78. The number of amides is 2. The van der Waals surface area contributed by atoms with Crippen LogP contribution in [0.2, 0.25) is 0 Å². The van der Waals surface area contributed by atoms with Crippen molar-refractivity contribution < 1.29 is 14.3 Å². The van der Waals surface area contributed by atoms with Gasteiger partial charge in [-0.15, -0.1) is 0 Å². The van der Waals surface area contributed by atoms with E-state index in [2.05, 4.69) is 24.5 Å². The Bertz CT molecular complexity index is 564. The summed E-state index contributed by atoms with van der Waals surface area (Å²) in [6, 6.07) is 9.36.